The number of oxime groups is 1. The van der Waals surface area contributed by atoms with Crippen molar-refractivity contribution in [1.82, 2.24) is 4.98 Å². The van der Waals surface area contributed by atoms with Gasteiger partial charge in [-0.15, -0.1) is 0 Å². The van der Waals surface area contributed by atoms with Crippen LogP contribution in [0.25, 0.3) is 0 Å². The highest BCUT2D eigenvalue weighted by Crippen LogP contribution is 2.22. The van der Waals surface area contributed by atoms with E-state index in [1.54, 1.807) is 19.5 Å². The first-order chi connectivity index (χ1) is 12.3. The van der Waals surface area contributed by atoms with E-state index in [9.17, 15) is 5.21 Å². The summed E-state index contributed by atoms with van der Waals surface area (Å²) >= 11 is 0. The van der Waals surface area contributed by atoms with Crippen molar-refractivity contribution in [2.45, 2.75) is 12.8 Å². The molecule has 0 radical (unpaired) electrons. The average molecular weight is 332 g/mol. The van der Waals surface area contributed by atoms with Crippen molar-refractivity contribution in [3.8, 4) is 5.75 Å². The minimum atomic E-state index is 0.531. The van der Waals surface area contributed by atoms with Gasteiger partial charge in [-0.3, -0.25) is 4.98 Å². The first kappa shape index (κ1) is 16.7. The molecule has 0 spiro atoms. The van der Waals surface area contributed by atoms with E-state index in [1.165, 1.54) is 0 Å². The van der Waals surface area contributed by atoms with Crippen molar-refractivity contribution < 1.29 is 9.94 Å². The van der Waals surface area contributed by atoms with E-state index >= 15 is 0 Å². The Morgan fingerprint density at radius 2 is 1.68 bits per heavy atom. The van der Waals surface area contributed by atoms with E-state index in [4.69, 9.17) is 4.74 Å². The first-order valence-corrected chi connectivity index (χ1v) is 8.16. The molecule has 0 aliphatic carbocycles. The number of aryl methyl sites for hydroxylation is 2. The van der Waals surface area contributed by atoms with E-state index in [2.05, 4.69) is 22.3 Å². The fraction of sp³-hybridized carbons (Fsp3) is 0.143. The van der Waals surface area contributed by atoms with Crippen LogP contribution in [-0.4, -0.2) is 23.0 Å². The van der Waals surface area contributed by atoms with Crippen molar-refractivity contribution in [1.29, 1.82) is 0 Å². The standard InChI is InChI=1S/C21H20N2O2/c1-25-20-11-5-3-8-17(20)13-12-16-7-2-4-10-19(16)21(23-24)18-9-6-14-22-15-18/h2-11,14-15,24H,12-13H2,1H3. The second kappa shape index (κ2) is 8.11. The maximum absolute atomic E-state index is 9.56. The maximum atomic E-state index is 9.56. The highest BCUT2D eigenvalue weighted by molar-refractivity contribution is 6.13. The largest absolute Gasteiger partial charge is 0.496 e. The van der Waals surface area contributed by atoms with Gasteiger partial charge < -0.3 is 9.94 Å². The Kier molecular flexibility index (Phi) is 5.42. The molecular weight excluding hydrogens is 312 g/mol. The van der Waals surface area contributed by atoms with Crippen molar-refractivity contribution in [3.63, 3.8) is 0 Å². The minimum absolute atomic E-state index is 0.531. The van der Waals surface area contributed by atoms with Crippen LogP contribution in [0.15, 0.2) is 78.2 Å². The lowest BCUT2D eigenvalue weighted by Crippen LogP contribution is -2.08. The molecule has 1 aromatic heterocycles. The van der Waals surface area contributed by atoms with E-state index < -0.39 is 0 Å². The number of rotatable bonds is 6. The molecule has 0 bridgehead atoms. The molecule has 0 fully saturated rings. The molecule has 2 aromatic carbocycles. The number of ether oxygens (including phenoxy) is 1. The smallest absolute Gasteiger partial charge is 0.122 e. The summed E-state index contributed by atoms with van der Waals surface area (Å²) in [5, 5.41) is 13.1. The van der Waals surface area contributed by atoms with Crippen LogP contribution in [0.4, 0.5) is 0 Å². The molecule has 126 valence electrons. The summed E-state index contributed by atoms with van der Waals surface area (Å²) in [5.41, 5.74) is 4.50. The van der Waals surface area contributed by atoms with E-state index in [1.807, 2.05) is 48.5 Å². The SMILES string of the molecule is COc1ccccc1CCc1ccccc1C(=NO)c1cccnc1. The number of methoxy groups -OCH3 is 1. The van der Waals surface area contributed by atoms with Crippen LogP contribution in [-0.2, 0) is 12.8 Å². The van der Waals surface area contributed by atoms with Crippen molar-refractivity contribution in [3.05, 3.63) is 95.3 Å². The zero-order chi connectivity index (χ0) is 17.5. The van der Waals surface area contributed by atoms with Crippen LogP contribution in [0.5, 0.6) is 5.75 Å². The summed E-state index contributed by atoms with van der Waals surface area (Å²) in [7, 11) is 1.69. The van der Waals surface area contributed by atoms with E-state index in [0.717, 1.165) is 40.8 Å². The summed E-state index contributed by atoms with van der Waals surface area (Å²) in [5.74, 6) is 0.892. The summed E-state index contributed by atoms with van der Waals surface area (Å²) in [6.07, 6.45) is 5.06. The van der Waals surface area contributed by atoms with Gasteiger partial charge in [-0.25, -0.2) is 0 Å². The molecule has 3 rings (SSSR count). The Morgan fingerprint density at radius 1 is 0.960 bits per heavy atom. The zero-order valence-electron chi connectivity index (χ0n) is 14.1. The molecule has 0 atom stereocenters. The lowest BCUT2D eigenvalue weighted by Gasteiger charge is -2.12. The molecule has 0 saturated heterocycles. The number of para-hydroxylation sites is 1. The lowest BCUT2D eigenvalue weighted by atomic mass is 9.94. The number of hydrogen-bond donors (Lipinski definition) is 1. The van der Waals surface area contributed by atoms with Gasteiger partial charge >= 0.3 is 0 Å². The third-order valence-corrected chi connectivity index (χ3v) is 4.16. The van der Waals surface area contributed by atoms with Gasteiger partial charge in [-0.2, -0.15) is 0 Å². The van der Waals surface area contributed by atoms with Gasteiger partial charge in [0.25, 0.3) is 0 Å². The van der Waals surface area contributed by atoms with Crippen LogP contribution in [0.3, 0.4) is 0 Å². The number of aromatic nitrogens is 1. The van der Waals surface area contributed by atoms with Gasteiger partial charge in [0.1, 0.15) is 11.5 Å². The molecule has 4 nitrogen and oxygen atoms in total. The minimum Gasteiger partial charge on any atom is -0.496 e. The van der Waals surface area contributed by atoms with Crippen LogP contribution >= 0.6 is 0 Å². The predicted octanol–water partition coefficient (Wildman–Crippen LogP) is 4.10. The van der Waals surface area contributed by atoms with Crippen LogP contribution in [0.1, 0.15) is 22.3 Å². The van der Waals surface area contributed by atoms with Crippen LogP contribution in [0, 0.1) is 0 Å². The van der Waals surface area contributed by atoms with Gasteiger partial charge in [-0.1, -0.05) is 47.6 Å². The third-order valence-electron chi connectivity index (χ3n) is 4.16. The maximum Gasteiger partial charge on any atom is 0.122 e. The second-order valence-corrected chi connectivity index (χ2v) is 5.66. The van der Waals surface area contributed by atoms with Crippen molar-refractivity contribution in [2.24, 2.45) is 5.16 Å². The second-order valence-electron chi connectivity index (χ2n) is 5.66. The fourth-order valence-electron chi connectivity index (χ4n) is 2.92. The summed E-state index contributed by atoms with van der Waals surface area (Å²) in [4.78, 5) is 4.12. The Hall–Kier alpha value is -3.14. The van der Waals surface area contributed by atoms with Gasteiger partial charge in [0, 0.05) is 23.5 Å². The summed E-state index contributed by atoms with van der Waals surface area (Å²) < 4.78 is 5.43. The van der Waals surface area contributed by atoms with Crippen molar-refractivity contribution in [2.75, 3.05) is 7.11 Å². The molecule has 0 amide bonds. The predicted molar refractivity (Wildman–Crippen MR) is 98.5 cm³/mol. The lowest BCUT2D eigenvalue weighted by molar-refractivity contribution is 0.319. The molecule has 0 unspecified atom stereocenters. The average Bonchev–Trinajstić information content (AvgIpc) is 2.69. The van der Waals surface area contributed by atoms with Crippen LogP contribution in [0.2, 0.25) is 0 Å². The number of nitrogens with zero attached hydrogens (tertiary/aromatic N) is 2. The molecule has 0 aliphatic rings. The van der Waals surface area contributed by atoms with Gasteiger partial charge in [-0.05, 0) is 42.2 Å². The van der Waals surface area contributed by atoms with Crippen molar-refractivity contribution >= 4 is 5.71 Å². The Bertz CT molecular complexity index is 861. The van der Waals surface area contributed by atoms with Gasteiger partial charge in [0.05, 0.1) is 7.11 Å². The molecule has 1 N–H and O–H groups in total. The summed E-state index contributed by atoms with van der Waals surface area (Å²) in [6, 6.07) is 19.7. The highest BCUT2D eigenvalue weighted by Gasteiger charge is 2.13. The van der Waals surface area contributed by atoms with E-state index in [-0.39, 0.29) is 0 Å². The molecule has 3 aromatic rings. The Morgan fingerprint density at radius 3 is 2.40 bits per heavy atom. The normalized spacial score (nSPS) is 11.3. The topological polar surface area (TPSA) is 54.7 Å². The van der Waals surface area contributed by atoms with E-state index in [0.29, 0.717) is 5.71 Å². The quantitative estimate of drug-likeness (QED) is 0.420. The Balaban J connectivity index is 1.89. The molecule has 0 aliphatic heterocycles. The number of hydrogen-bond acceptors (Lipinski definition) is 4. The molecule has 25 heavy (non-hydrogen) atoms. The van der Waals surface area contributed by atoms with Gasteiger partial charge in [0.15, 0.2) is 0 Å². The molecule has 1 heterocycles. The van der Waals surface area contributed by atoms with Crippen LogP contribution < -0.4 is 4.74 Å². The molecule has 0 saturated carbocycles. The number of benzene rings is 2. The zero-order valence-corrected chi connectivity index (χ0v) is 14.1. The van der Waals surface area contributed by atoms with Gasteiger partial charge in [0.2, 0.25) is 0 Å². The monoisotopic (exact) mass is 332 g/mol. The molecular formula is C21H20N2O2. The molecule has 4 heteroatoms. The Labute approximate surface area is 147 Å². The third kappa shape index (κ3) is 3.86. The first-order valence-electron chi connectivity index (χ1n) is 8.16. The number of pyridine rings is 1. The highest BCUT2D eigenvalue weighted by atomic mass is 16.5. The fourth-order valence-corrected chi connectivity index (χ4v) is 2.92. The summed E-state index contributed by atoms with van der Waals surface area (Å²) in [6.45, 7) is 0.